The van der Waals surface area contributed by atoms with E-state index in [2.05, 4.69) is 34.8 Å². The summed E-state index contributed by atoms with van der Waals surface area (Å²) in [5, 5.41) is 9.84. The predicted octanol–water partition coefficient (Wildman–Crippen LogP) is 3.72. The van der Waals surface area contributed by atoms with Gasteiger partial charge >= 0.3 is 6.03 Å². The molecule has 0 unspecified atom stereocenters. The fraction of sp³-hybridized carbons (Fsp3) is 0.474. The molecular weight excluding hydrogens is 302 g/mol. The second-order valence-electron chi connectivity index (χ2n) is 6.41. The molecule has 2 aromatic rings. The van der Waals surface area contributed by atoms with Crippen molar-refractivity contribution in [2.75, 3.05) is 6.54 Å². The number of urea groups is 1. The van der Waals surface area contributed by atoms with Crippen molar-refractivity contribution in [2.45, 2.75) is 52.5 Å². The highest BCUT2D eigenvalue weighted by Gasteiger charge is 2.14. The van der Waals surface area contributed by atoms with E-state index in [1.165, 1.54) is 5.56 Å². The van der Waals surface area contributed by atoms with Gasteiger partial charge in [0.25, 0.3) is 0 Å². The molecule has 0 aliphatic rings. The number of carbonyl (C=O) groups is 1. The number of aryl methyl sites for hydroxylation is 2. The van der Waals surface area contributed by atoms with Crippen LogP contribution in [0.1, 0.15) is 48.8 Å². The van der Waals surface area contributed by atoms with Gasteiger partial charge in [-0.3, -0.25) is 0 Å². The SMILES string of the molecule is Cc1noc(C)c1C[C@H](C)NC(=O)NCC[C@H](C)c1ccccc1. The van der Waals surface area contributed by atoms with Gasteiger partial charge in [-0.1, -0.05) is 42.4 Å². The molecule has 5 heteroatoms. The Hall–Kier alpha value is -2.30. The van der Waals surface area contributed by atoms with Gasteiger partial charge in [-0.15, -0.1) is 0 Å². The molecule has 0 spiro atoms. The number of aromatic nitrogens is 1. The first-order chi connectivity index (χ1) is 11.5. The molecule has 0 saturated carbocycles. The summed E-state index contributed by atoms with van der Waals surface area (Å²) >= 11 is 0. The Kier molecular flexibility index (Phi) is 6.41. The molecule has 0 radical (unpaired) electrons. The largest absolute Gasteiger partial charge is 0.361 e. The first kappa shape index (κ1) is 18.0. The predicted molar refractivity (Wildman–Crippen MR) is 95.2 cm³/mol. The second-order valence-corrected chi connectivity index (χ2v) is 6.41. The smallest absolute Gasteiger partial charge is 0.315 e. The molecule has 0 saturated heterocycles. The molecular formula is C19H27N3O2. The van der Waals surface area contributed by atoms with E-state index in [9.17, 15) is 4.79 Å². The van der Waals surface area contributed by atoms with Gasteiger partial charge in [-0.2, -0.15) is 0 Å². The number of benzene rings is 1. The summed E-state index contributed by atoms with van der Waals surface area (Å²) in [4.78, 5) is 12.0. The van der Waals surface area contributed by atoms with Crippen LogP contribution in [0, 0.1) is 13.8 Å². The molecule has 24 heavy (non-hydrogen) atoms. The van der Waals surface area contributed by atoms with E-state index in [-0.39, 0.29) is 12.1 Å². The van der Waals surface area contributed by atoms with Crippen molar-refractivity contribution in [3.05, 3.63) is 52.9 Å². The quantitative estimate of drug-likeness (QED) is 0.813. The van der Waals surface area contributed by atoms with Crippen LogP contribution in [-0.4, -0.2) is 23.8 Å². The summed E-state index contributed by atoms with van der Waals surface area (Å²) in [7, 11) is 0. The number of carbonyl (C=O) groups excluding carboxylic acids is 1. The minimum Gasteiger partial charge on any atom is -0.361 e. The van der Waals surface area contributed by atoms with Crippen LogP contribution in [0.4, 0.5) is 4.79 Å². The van der Waals surface area contributed by atoms with Gasteiger partial charge in [0, 0.05) is 18.2 Å². The van der Waals surface area contributed by atoms with Crippen molar-refractivity contribution in [3.8, 4) is 0 Å². The van der Waals surface area contributed by atoms with Gasteiger partial charge in [0.15, 0.2) is 0 Å². The van der Waals surface area contributed by atoms with Crippen molar-refractivity contribution in [3.63, 3.8) is 0 Å². The van der Waals surface area contributed by atoms with E-state index < -0.39 is 0 Å². The van der Waals surface area contributed by atoms with E-state index in [1.54, 1.807) is 0 Å². The summed E-state index contributed by atoms with van der Waals surface area (Å²) < 4.78 is 5.16. The zero-order chi connectivity index (χ0) is 17.5. The summed E-state index contributed by atoms with van der Waals surface area (Å²) in [6.45, 7) is 8.63. The van der Waals surface area contributed by atoms with E-state index in [0.717, 1.165) is 29.9 Å². The molecule has 2 N–H and O–H groups in total. The Balaban J connectivity index is 1.71. The maximum atomic E-state index is 12.0. The van der Waals surface area contributed by atoms with Crippen molar-refractivity contribution in [1.29, 1.82) is 0 Å². The molecule has 1 heterocycles. The number of rotatable bonds is 7. The Bertz CT molecular complexity index is 632. The van der Waals surface area contributed by atoms with E-state index in [4.69, 9.17) is 4.52 Å². The molecule has 0 aliphatic heterocycles. The summed E-state index contributed by atoms with van der Waals surface area (Å²) in [5.74, 6) is 1.24. The van der Waals surface area contributed by atoms with Crippen LogP contribution in [0.3, 0.4) is 0 Å². The van der Waals surface area contributed by atoms with E-state index in [1.807, 2.05) is 39.0 Å². The maximum absolute atomic E-state index is 12.0. The fourth-order valence-electron chi connectivity index (χ4n) is 2.78. The van der Waals surface area contributed by atoms with Gasteiger partial charge in [-0.05, 0) is 45.1 Å². The lowest BCUT2D eigenvalue weighted by molar-refractivity contribution is 0.237. The summed E-state index contributed by atoms with van der Waals surface area (Å²) in [5.41, 5.74) is 3.25. The third-order valence-electron chi connectivity index (χ3n) is 4.30. The average Bonchev–Trinajstić information content (AvgIpc) is 2.87. The van der Waals surface area contributed by atoms with Crippen LogP contribution < -0.4 is 10.6 Å². The van der Waals surface area contributed by atoms with Crippen LogP contribution in [0.25, 0.3) is 0 Å². The first-order valence-corrected chi connectivity index (χ1v) is 8.48. The minimum atomic E-state index is -0.130. The van der Waals surface area contributed by atoms with Crippen molar-refractivity contribution in [2.24, 2.45) is 0 Å². The zero-order valence-corrected chi connectivity index (χ0v) is 14.9. The first-order valence-electron chi connectivity index (χ1n) is 8.48. The lowest BCUT2D eigenvalue weighted by Gasteiger charge is -2.16. The monoisotopic (exact) mass is 329 g/mol. The third-order valence-corrected chi connectivity index (χ3v) is 4.30. The Morgan fingerprint density at radius 3 is 2.54 bits per heavy atom. The normalized spacial score (nSPS) is 13.3. The van der Waals surface area contributed by atoms with E-state index >= 15 is 0 Å². The van der Waals surface area contributed by atoms with Crippen molar-refractivity contribution in [1.82, 2.24) is 15.8 Å². The zero-order valence-electron chi connectivity index (χ0n) is 14.9. The lowest BCUT2D eigenvalue weighted by Crippen LogP contribution is -2.42. The van der Waals surface area contributed by atoms with Crippen molar-refractivity contribution >= 4 is 6.03 Å². The molecule has 130 valence electrons. The number of nitrogens with zero attached hydrogens (tertiary/aromatic N) is 1. The Morgan fingerprint density at radius 1 is 1.21 bits per heavy atom. The summed E-state index contributed by atoms with van der Waals surface area (Å²) in [6, 6.07) is 10.2. The topological polar surface area (TPSA) is 67.2 Å². The third kappa shape index (κ3) is 5.11. The number of hydrogen-bond donors (Lipinski definition) is 2. The van der Waals surface area contributed by atoms with Gasteiger partial charge in [0.05, 0.1) is 5.69 Å². The standard InChI is InChI=1S/C19H27N3O2/c1-13(17-8-6-5-7-9-17)10-11-20-19(23)21-14(2)12-18-15(3)22-24-16(18)4/h5-9,13-14H,10-12H2,1-4H3,(H2,20,21,23)/t13-,14-/m0/s1. The Labute approximate surface area is 143 Å². The second kappa shape index (κ2) is 8.52. The van der Waals surface area contributed by atoms with Gasteiger partial charge < -0.3 is 15.2 Å². The number of amides is 2. The van der Waals surface area contributed by atoms with E-state index in [0.29, 0.717) is 12.5 Å². The molecule has 2 atom stereocenters. The molecule has 1 aromatic carbocycles. The Morgan fingerprint density at radius 2 is 1.92 bits per heavy atom. The molecule has 2 rings (SSSR count). The van der Waals surface area contributed by atoms with Gasteiger partial charge in [-0.25, -0.2) is 4.79 Å². The molecule has 2 amide bonds. The maximum Gasteiger partial charge on any atom is 0.315 e. The number of hydrogen-bond acceptors (Lipinski definition) is 3. The molecule has 0 fully saturated rings. The van der Waals surface area contributed by atoms with Gasteiger partial charge in [0.1, 0.15) is 5.76 Å². The lowest BCUT2D eigenvalue weighted by atomic mass is 9.98. The molecule has 5 nitrogen and oxygen atoms in total. The average molecular weight is 329 g/mol. The van der Waals surface area contributed by atoms with Crippen molar-refractivity contribution < 1.29 is 9.32 Å². The van der Waals surface area contributed by atoms with Crippen LogP contribution in [0.5, 0.6) is 0 Å². The van der Waals surface area contributed by atoms with Crippen LogP contribution >= 0.6 is 0 Å². The van der Waals surface area contributed by atoms with Crippen LogP contribution in [0.2, 0.25) is 0 Å². The molecule has 1 aromatic heterocycles. The molecule has 0 bridgehead atoms. The highest BCUT2D eigenvalue weighted by molar-refractivity contribution is 5.74. The van der Waals surface area contributed by atoms with Crippen LogP contribution in [-0.2, 0) is 6.42 Å². The highest BCUT2D eigenvalue weighted by Crippen LogP contribution is 2.17. The van der Waals surface area contributed by atoms with Crippen LogP contribution in [0.15, 0.2) is 34.9 Å². The summed E-state index contributed by atoms with van der Waals surface area (Å²) in [6.07, 6.45) is 1.63. The minimum absolute atomic E-state index is 0.0216. The molecule has 0 aliphatic carbocycles. The van der Waals surface area contributed by atoms with Gasteiger partial charge in [0.2, 0.25) is 0 Å². The number of nitrogens with one attached hydrogen (secondary N) is 2. The fourth-order valence-corrected chi connectivity index (χ4v) is 2.78. The highest BCUT2D eigenvalue weighted by atomic mass is 16.5.